The number of allylic oxidation sites excluding steroid dienone is 1. The second kappa shape index (κ2) is 9.11. The summed E-state index contributed by atoms with van der Waals surface area (Å²) in [6.07, 6.45) is 1.82. The summed E-state index contributed by atoms with van der Waals surface area (Å²) >= 11 is 1.59. The number of thioether (sulfide) groups is 1. The molecule has 1 heterocycles. The molecular weight excluding hydrogens is 372 g/mol. The molecule has 28 heavy (non-hydrogen) atoms. The molecule has 3 aromatic rings. The Labute approximate surface area is 168 Å². The van der Waals surface area contributed by atoms with Crippen molar-refractivity contribution in [2.24, 2.45) is 0 Å². The molecule has 0 bridgehead atoms. The maximum absolute atomic E-state index is 8.91. The predicted molar refractivity (Wildman–Crippen MR) is 109 cm³/mol. The van der Waals surface area contributed by atoms with Crippen molar-refractivity contribution in [3.63, 3.8) is 0 Å². The second-order valence-electron chi connectivity index (χ2n) is 5.90. The van der Waals surface area contributed by atoms with Crippen LogP contribution < -0.4 is 9.47 Å². The summed E-state index contributed by atoms with van der Waals surface area (Å²) in [4.78, 5) is 0. The van der Waals surface area contributed by atoms with E-state index in [1.165, 1.54) is 0 Å². The molecule has 0 atom stereocenters. The number of rotatable bonds is 8. The van der Waals surface area contributed by atoms with Crippen LogP contribution in [0.4, 0.5) is 0 Å². The molecular formula is C21H20N4O2S. The normalized spacial score (nSPS) is 10.3. The molecule has 0 saturated carbocycles. The van der Waals surface area contributed by atoms with Crippen molar-refractivity contribution in [3.8, 4) is 29.0 Å². The lowest BCUT2D eigenvalue weighted by atomic mass is 10.2. The zero-order chi connectivity index (χ0) is 19.9. The molecule has 0 aliphatic heterocycles. The fourth-order valence-electron chi connectivity index (χ4n) is 2.66. The van der Waals surface area contributed by atoms with Crippen LogP contribution in [-0.2, 0) is 12.3 Å². The van der Waals surface area contributed by atoms with Crippen molar-refractivity contribution in [3.05, 3.63) is 66.2 Å². The number of ether oxygens (including phenoxy) is 2. The van der Waals surface area contributed by atoms with Crippen molar-refractivity contribution >= 4 is 11.8 Å². The van der Waals surface area contributed by atoms with Crippen LogP contribution in [0.5, 0.6) is 11.5 Å². The standard InChI is InChI=1S/C21H20N4O2S/c1-4-9-25-20(17-10-18(26-2)12-19(11-17)27-3)23-24-21(25)28-14-16-7-5-15(13-22)6-8-16/h4-8,10-12H,1,9,14H2,2-3H3. The monoisotopic (exact) mass is 392 g/mol. The van der Waals surface area contributed by atoms with Crippen molar-refractivity contribution in [2.75, 3.05) is 14.2 Å². The molecule has 2 aromatic carbocycles. The number of hydrogen-bond donors (Lipinski definition) is 0. The summed E-state index contributed by atoms with van der Waals surface area (Å²) in [7, 11) is 3.23. The van der Waals surface area contributed by atoms with Crippen LogP contribution >= 0.6 is 11.8 Å². The van der Waals surface area contributed by atoms with E-state index in [9.17, 15) is 0 Å². The summed E-state index contributed by atoms with van der Waals surface area (Å²) in [6, 6.07) is 15.3. The molecule has 3 rings (SSSR count). The molecule has 0 fully saturated rings. The van der Waals surface area contributed by atoms with Crippen LogP contribution in [0, 0.1) is 11.3 Å². The molecule has 0 spiro atoms. The minimum absolute atomic E-state index is 0.581. The third kappa shape index (κ3) is 4.35. The number of hydrogen-bond acceptors (Lipinski definition) is 6. The van der Waals surface area contributed by atoms with Crippen LogP contribution in [0.25, 0.3) is 11.4 Å². The molecule has 1 aromatic heterocycles. The van der Waals surface area contributed by atoms with E-state index in [0.717, 1.165) is 27.9 Å². The summed E-state index contributed by atoms with van der Waals surface area (Å²) in [6.45, 7) is 4.43. The third-order valence-corrected chi connectivity index (χ3v) is 5.13. The molecule has 0 aliphatic rings. The molecule has 0 radical (unpaired) electrons. The quantitative estimate of drug-likeness (QED) is 0.420. The number of methoxy groups -OCH3 is 2. The minimum Gasteiger partial charge on any atom is -0.497 e. The van der Waals surface area contributed by atoms with Crippen molar-refractivity contribution in [1.29, 1.82) is 5.26 Å². The van der Waals surface area contributed by atoms with Gasteiger partial charge < -0.3 is 9.47 Å². The Hall–Kier alpha value is -3.24. The highest BCUT2D eigenvalue weighted by Gasteiger charge is 2.15. The Balaban J connectivity index is 1.89. The van der Waals surface area contributed by atoms with Gasteiger partial charge in [-0.3, -0.25) is 4.57 Å². The van der Waals surface area contributed by atoms with E-state index in [2.05, 4.69) is 22.8 Å². The van der Waals surface area contributed by atoms with Crippen LogP contribution in [-0.4, -0.2) is 29.0 Å². The Bertz CT molecular complexity index is 984. The van der Waals surface area contributed by atoms with E-state index < -0.39 is 0 Å². The molecule has 0 amide bonds. The van der Waals surface area contributed by atoms with Crippen LogP contribution in [0.1, 0.15) is 11.1 Å². The van der Waals surface area contributed by atoms with Crippen molar-refractivity contribution < 1.29 is 9.47 Å². The molecule has 7 heteroatoms. The second-order valence-corrected chi connectivity index (χ2v) is 6.85. The topological polar surface area (TPSA) is 73.0 Å². The average Bonchev–Trinajstić information content (AvgIpc) is 3.15. The maximum atomic E-state index is 8.91. The number of nitrogens with zero attached hydrogens (tertiary/aromatic N) is 4. The van der Waals surface area contributed by atoms with Crippen molar-refractivity contribution in [1.82, 2.24) is 14.8 Å². The van der Waals surface area contributed by atoms with Gasteiger partial charge in [-0.1, -0.05) is 30.0 Å². The minimum atomic E-state index is 0.581. The highest BCUT2D eigenvalue weighted by atomic mass is 32.2. The van der Waals surface area contributed by atoms with Crippen molar-refractivity contribution in [2.45, 2.75) is 17.5 Å². The van der Waals surface area contributed by atoms with Gasteiger partial charge in [0.05, 0.1) is 25.9 Å². The van der Waals surface area contributed by atoms with Gasteiger partial charge >= 0.3 is 0 Å². The van der Waals surface area contributed by atoms with Crippen LogP contribution in [0.3, 0.4) is 0 Å². The van der Waals surface area contributed by atoms with Gasteiger partial charge in [0.25, 0.3) is 0 Å². The Morgan fingerprint density at radius 2 is 1.79 bits per heavy atom. The van der Waals surface area contributed by atoms with Gasteiger partial charge in [0, 0.05) is 23.9 Å². The number of aromatic nitrogens is 3. The largest absolute Gasteiger partial charge is 0.497 e. The summed E-state index contributed by atoms with van der Waals surface area (Å²) in [5, 5.41) is 18.5. The summed E-state index contributed by atoms with van der Waals surface area (Å²) < 4.78 is 12.7. The first-order chi connectivity index (χ1) is 13.7. The van der Waals surface area contributed by atoms with E-state index in [-0.39, 0.29) is 0 Å². The lowest BCUT2D eigenvalue weighted by Gasteiger charge is -2.10. The predicted octanol–water partition coefficient (Wildman–Crippen LogP) is 4.31. The fraction of sp³-hybridized carbons (Fsp3) is 0.190. The van der Waals surface area contributed by atoms with E-state index in [1.807, 2.05) is 53.1 Å². The zero-order valence-electron chi connectivity index (χ0n) is 15.8. The van der Waals surface area contributed by atoms with Gasteiger partial charge in [-0.15, -0.1) is 16.8 Å². The first-order valence-corrected chi connectivity index (χ1v) is 9.56. The molecule has 0 saturated heterocycles. The van der Waals surface area contributed by atoms with Gasteiger partial charge in [-0.2, -0.15) is 5.26 Å². The summed E-state index contributed by atoms with van der Waals surface area (Å²) in [5.41, 5.74) is 2.62. The number of benzene rings is 2. The highest BCUT2D eigenvalue weighted by molar-refractivity contribution is 7.98. The SMILES string of the molecule is C=CCn1c(SCc2ccc(C#N)cc2)nnc1-c1cc(OC)cc(OC)c1. The molecule has 0 aliphatic carbocycles. The van der Waals surface area contributed by atoms with Gasteiger partial charge in [0.15, 0.2) is 11.0 Å². The van der Waals surface area contributed by atoms with Gasteiger partial charge in [-0.25, -0.2) is 0 Å². The Morgan fingerprint density at radius 1 is 1.11 bits per heavy atom. The first kappa shape index (κ1) is 19.5. The maximum Gasteiger partial charge on any atom is 0.192 e. The summed E-state index contributed by atoms with van der Waals surface area (Å²) in [5.74, 6) is 2.82. The Kier molecular flexibility index (Phi) is 6.35. The highest BCUT2D eigenvalue weighted by Crippen LogP contribution is 2.31. The van der Waals surface area contributed by atoms with E-state index in [0.29, 0.717) is 23.6 Å². The molecule has 0 N–H and O–H groups in total. The van der Waals surface area contributed by atoms with Gasteiger partial charge in [0.2, 0.25) is 0 Å². The van der Waals surface area contributed by atoms with E-state index >= 15 is 0 Å². The van der Waals surface area contributed by atoms with E-state index in [4.69, 9.17) is 14.7 Å². The van der Waals surface area contributed by atoms with Crippen LogP contribution in [0.15, 0.2) is 60.3 Å². The molecule has 0 unspecified atom stereocenters. The lowest BCUT2D eigenvalue weighted by molar-refractivity contribution is 0.394. The molecule has 142 valence electrons. The van der Waals surface area contributed by atoms with Gasteiger partial charge in [-0.05, 0) is 29.8 Å². The first-order valence-electron chi connectivity index (χ1n) is 8.58. The Morgan fingerprint density at radius 3 is 2.36 bits per heavy atom. The zero-order valence-corrected chi connectivity index (χ0v) is 16.6. The van der Waals surface area contributed by atoms with Crippen LogP contribution in [0.2, 0.25) is 0 Å². The molecule has 6 nitrogen and oxygen atoms in total. The van der Waals surface area contributed by atoms with Gasteiger partial charge in [0.1, 0.15) is 11.5 Å². The fourth-order valence-corrected chi connectivity index (χ4v) is 3.57. The number of nitriles is 1. The average molecular weight is 392 g/mol. The smallest absolute Gasteiger partial charge is 0.192 e. The lowest BCUT2D eigenvalue weighted by Crippen LogP contribution is -2.01. The van der Waals surface area contributed by atoms with E-state index in [1.54, 1.807) is 26.0 Å². The third-order valence-electron chi connectivity index (χ3n) is 4.09.